The Bertz CT molecular complexity index is 468. The number of carbonyl (C=O) groups is 1. The highest BCUT2D eigenvalue weighted by atomic mass is 32.2. The molecule has 1 saturated carbocycles. The summed E-state index contributed by atoms with van der Waals surface area (Å²) in [7, 11) is 0. The number of nitrogens with zero attached hydrogens (tertiary/aromatic N) is 1. The first-order valence-corrected chi connectivity index (χ1v) is 9.53. The second kappa shape index (κ2) is 5.70. The van der Waals surface area contributed by atoms with E-state index < -0.39 is 0 Å². The van der Waals surface area contributed by atoms with E-state index in [9.17, 15) is 4.79 Å². The Morgan fingerprint density at radius 2 is 2.30 bits per heavy atom. The van der Waals surface area contributed by atoms with Crippen LogP contribution in [0.25, 0.3) is 0 Å². The van der Waals surface area contributed by atoms with Crippen LogP contribution in [0.4, 0.5) is 0 Å². The van der Waals surface area contributed by atoms with Crippen molar-refractivity contribution in [2.75, 3.05) is 12.8 Å². The summed E-state index contributed by atoms with van der Waals surface area (Å²) < 4.78 is 0. The third-order valence-electron chi connectivity index (χ3n) is 4.57. The monoisotopic (exact) mass is 310 g/mol. The fourth-order valence-electron chi connectivity index (χ4n) is 3.36. The van der Waals surface area contributed by atoms with Crippen molar-refractivity contribution in [1.82, 2.24) is 10.2 Å². The molecule has 0 aromatic carbocycles. The lowest BCUT2D eigenvalue weighted by molar-refractivity contribution is -0.133. The molecule has 1 aromatic heterocycles. The predicted molar refractivity (Wildman–Crippen MR) is 86.1 cm³/mol. The van der Waals surface area contributed by atoms with Crippen LogP contribution in [-0.2, 0) is 4.79 Å². The van der Waals surface area contributed by atoms with E-state index in [1.807, 2.05) is 11.8 Å². The zero-order valence-electron chi connectivity index (χ0n) is 12.1. The largest absolute Gasteiger partial charge is 0.320 e. The number of rotatable bonds is 4. The van der Waals surface area contributed by atoms with Crippen LogP contribution in [0.15, 0.2) is 16.8 Å². The number of amides is 1. The van der Waals surface area contributed by atoms with Crippen LogP contribution in [0, 0.1) is 0 Å². The quantitative estimate of drug-likeness (QED) is 0.926. The molecule has 1 aromatic rings. The van der Waals surface area contributed by atoms with E-state index in [1.165, 1.54) is 18.4 Å². The van der Waals surface area contributed by atoms with Gasteiger partial charge in [-0.25, -0.2) is 0 Å². The molecular weight excluding hydrogens is 288 g/mol. The Balaban J connectivity index is 1.88. The number of hydrogen-bond donors (Lipinski definition) is 1. The Labute approximate surface area is 129 Å². The number of thiophene rings is 1. The molecule has 1 spiro atoms. The number of nitrogens with one attached hydrogen (secondary N) is 1. The first kappa shape index (κ1) is 14.4. The third-order valence-corrected chi connectivity index (χ3v) is 6.22. The SMILES string of the molecule is CSC(C)CN1C(=O)C2(CCCC2)NC1c1ccsc1. The molecular formula is C15H22N2OS2. The number of hydrogen-bond acceptors (Lipinski definition) is 4. The highest BCUT2D eigenvalue weighted by Crippen LogP contribution is 2.41. The summed E-state index contributed by atoms with van der Waals surface area (Å²) in [6.45, 7) is 3.03. The zero-order chi connectivity index (χ0) is 14.2. The van der Waals surface area contributed by atoms with Crippen LogP contribution in [0.2, 0.25) is 0 Å². The molecule has 110 valence electrons. The van der Waals surface area contributed by atoms with Gasteiger partial charge in [-0.2, -0.15) is 23.1 Å². The summed E-state index contributed by atoms with van der Waals surface area (Å²) in [6.07, 6.45) is 6.51. The topological polar surface area (TPSA) is 32.3 Å². The molecule has 1 saturated heterocycles. The van der Waals surface area contributed by atoms with Gasteiger partial charge in [0.1, 0.15) is 6.17 Å². The van der Waals surface area contributed by atoms with Crippen molar-refractivity contribution in [3.05, 3.63) is 22.4 Å². The van der Waals surface area contributed by atoms with Gasteiger partial charge in [0.15, 0.2) is 0 Å². The highest BCUT2D eigenvalue weighted by Gasteiger charge is 2.52. The van der Waals surface area contributed by atoms with Crippen molar-refractivity contribution < 1.29 is 4.79 Å². The molecule has 2 aliphatic rings. The minimum Gasteiger partial charge on any atom is -0.320 e. The molecule has 20 heavy (non-hydrogen) atoms. The second-order valence-corrected chi connectivity index (χ2v) is 7.95. The Hall–Kier alpha value is -0.520. The zero-order valence-corrected chi connectivity index (χ0v) is 13.7. The van der Waals surface area contributed by atoms with E-state index in [0.29, 0.717) is 11.2 Å². The second-order valence-electron chi connectivity index (χ2n) is 5.90. The molecule has 2 atom stereocenters. The summed E-state index contributed by atoms with van der Waals surface area (Å²) in [4.78, 5) is 15.0. The first-order chi connectivity index (χ1) is 9.66. The van der Waals surface area contributed by atoms with Gasteiger partial charge >= 0.3 is 0 Å². The Morgan fingerprint density at radius 1 is 1.55 bits per heavy atom. The van der Waals surface area contributed by atoms with E-state index in [1.54, 1.807) is 11.3 Å². The van der Waals surface area contributed by atoms with Gasteiger partial charge in [-0.05, 0) is 41.5 Å². The van der Waals surface area contributed by atoms with E-state index in [2.05, 4.69) is 40.2 Å². The van der Waals surface area contributed by atoms with Crippen molar-refractivity contribution >= 4 is 29.0 Å². The van der Waals surface area contributed by atoms with Gasteiger partial charge in [0.2, 0.25) is 5.91 Å². The fraction of sp³-hybridized carbons (Fsp3) is 0.667. The van der Waals surface area contributed by atoms with E-state index in [0.717, 1.165) is 19.4 Å². The van der Waals surface area contributed by atoms with Gasteiger partial charge in [-0.1, -0.05) is 19.8 Å². The standard InChI is InChI=1S/C15H22N2OS2/c1-11(19-2)9-17-13(12-5-8-20-10-12)16-15(14(17)18)6-3-4-7-15/h5,8,10-11,13,16H,3-4,6-7,9H2,1-2H3. The van der Waals surface area contributed by atoms with Crippen LogP contribution in [-0.4, -0.2) is 34.4 Å². The maximum Gasteiger partial charge on any atom is 0.244 e. The fourth-order valence-corrected chi connectivity index (χ4v) is 4.35. The van der Waals surface area contributed by atoms with Gasteiger partial charge in [-0.15, -0.1) is 0 Å². The predicted octanol–water partition coefficient (Wildman–Crippen LogP) is 3.24. The molecule has 0 radical (unpaired) electrons. The summed E-state index contributed by atoms with van der Waals surface area (Å²) in [5, 5.41) is 8.40. The van der Waals surface area contributed by atoms with Crippen LogP contribution in [0.5, 0.6) is 0 Å². The minimum absolute atomic E-state index is 0.0708. The Morgan fingerprint density at radius 3 is 2.90 bits per heavy atom. The molecule has 3 nitrogen and oxygen atoms in total. The minimum atomic E-state index is -0.273. The molecule has 5 heteroatoms. The van der Waals surface area contributed by atoms with Crippen molar-refractivity contribution in [1.29, 1.82) is 0 Å². The molecule has 2 heterocycles. The maximum absolute atomic E-state index is 12.9. The molecule has 1 aliphatic heterocycles. The highest BCUT2D eigenvalue weighted by molar-refractivity contribution is 7.99. The molecule has 2 fully saturated rings. The first-order valence-electron chi connectivity index (χ1n) is 7.30. The van der Waals surface area contributed by atoms with Crippen molar-refractivity contribution in [2.45, 2.75) is 49.6 Å². The molecule has 1 N–H and O–H groups in total. The molecule has 3 rings (SSSR count). The van der Waals surface area contributed by atoms with Crippen LogP contribution >= 0.6 is 23.1 Å². The summed E-state index contributed by atoms with van der Waals surface area (Å²) >= 11 is 3.53. The van der Waals surface area contributed by atoms with E-state index >= 15 is 0 Å². The molecule has 1 amide bonds. The van der Waals surface area contributed by atoms with Crippen molar-refractivity contribution in [2.24, 2.45) is 0 Å². The average molecular weight is 310 g/mol. The van der Waals surface area contributed by atoms with Gasteiger partial charge < -0.3 is 4.90 Å². The van der Waals surface area contributed by atoms with E-state index in [-0.39, 0.29) is 11.7 Å². The molecule has 1 aliphatic carbocycles. The van der Waals surface area contributed by atoms with Gasteiger partial charge in [0, 0.05) is 11.8 Å². The lowest BCUT2D eigenvalue weighted by Crippen LogP contribution is -2.44. The van der Waals surface area contributed by atoms with Crippen LogP contribution in [0.3, 0.4) is 0 Å². The summed E-state index contributed by atoms with van der Waals surface area (Å²) in [6, 6.07) is 2.14. The van der Waals surface area contributed by atoms with Gasteiger partial charge in [0.05, 0.1) is 5.54 Å². The smallest absolute Gasteiger partial charge is 0.244 e. The number of thioether (sulfide) groups is 1. The Kier molecular flexibility index (Phi) is 4.11. The number of carbonyl (C=O) groups excluding carboxylic acids is 1. The lowest BCUT2D eigenvalue weighted by atomic mass is 9.98. The van der Waals surface area contributed by atoms with Crippen molar-refractivity contribution in [3.8, 4) is 0 Å². The third kappa shape index (κ3) is 2.40. The lowest BCUT2D eigenvalue weighted by Gasteiger charge is -2.26. The molecule has 0 bridgehead atoms. The summed E-state index contributed by atoms with van der Waals surface area (Å²) in [5.41, 5.74) is 0.963. The van der Waals surface area contributed by atoms with E-state index in [4.69, 9.17) is 0 Å². The van der Waals surface area contributed by atoms with Crippen LogP contribution in [0.1, 0.15) is 44.3 Å². The summed E-state index contributed by atoms with van der Waals surface area (Å²) in [5.74, 6) is 0.326. The van der Waals surface area contributed by atoms with Gasteiger partial charge in [0.25, 0.3) is 0 Å². The molecule has 2 unspecified atom stereocenters. The van der Waals surface area contributed by atoms with Crippen molar-refractivity contribution in [3.63, 3.8) is 0 Å². The van der Waals surface area contributed by atoms with Gasteiger partial charge in [-0.3, -0.25) is 10.1 Å². The normalized spacial score (nSPS) is 26.6. The van der Waals surface area contributed by atoms with Crippen LogP contribution < -0.4 is 5.32 Å². The maximum atomic E-state index is 12.9. The average Bonchev–Trinajstić information content (AvgIpc) is 3.16.